The number of hydrogen-bond donors (Lipinski definition) is 2. The number of aromatic nitrogens is 3. The third kappa shape index (κ3) is 6.98. The molecule has 0 radical (unpaired) electrons. The summed E-state index contributed by atoms with van der Waals surface area (Å²) in [6, 6.07) is 3.82. The van der Waals surface area contributed by atoms with Gasteiger partial charge < -0.3 is 34.6 Å². The summed E-state index contributed by atoms with van der Waals surface area (Å²) in [5.74, 6) is 0.641. The van der Waals surface area contributed by atoms with E-state index in [0.717, 1.165) is 12.8 Å². The molecular weight excluding hydrogens is 725 g/mol. The molecule has 16 heteroatoms. The first-order valence-corrected chi connectivity index (χ1v) is 18.4. The van der Waals surface area contributed by atoms with Gasteiger partial charge in [-0.2, -0.15) is 9.97 Å². The van der Waals surface area contributed by atoms with Crippen LogP contribution in [0.4, 0.5) is 32.6 Å². The Morgan fingerprint density at radius 3 is 2.45 bits per heavy atom. The summed E-state index contributed by atoms with van der Waals surface area (Å²) in [4.78, 5) is 32.6. The van der Waals surface area contributed by atoms with Crippen molar-refractivity contribution < 1.29 is 41.3 Å². The molecule has 2 aromatic heterocycles. The molecule has 8 rings (SSSR count). The van der Waals surface area contributed by atoms with E-state index in [1.165, 1.54) is 31.4 Å². The van der Waals surface area contributed by atoms with Crippen LogP contribution in [-0.4, -0.2) is 114 Å². The van der Waals surface area contributed by atoms with Gasteiger partial charge in [0.05, 0.1) is 37.9 Å². The minimum atomic E-state index is -2.69. The van der Waals surface area contributed by atoms with Gasteiger partial charge in [0.1, 0.15) is 40.2 Å². The zero-order valence-corrected chi connectivity index (χ0v) is 30.1. The second-order valence-electron chi connectivity index (χ2n) is 15.0. The number of piperidine rings is 1. The number of carbonyl (C=O) groups excluding carboxylic acids is 1. The number of halogens is 5. The Morgan fingerprint density at radius 2 is 1.80 bits per heavy atom. The van der Waals surface area contributed by atoms with E-state index in [1.807, 2.05) is 4.90 Å². The van der Waals surface area contributed by atoms with E-state index in [9.17, 15) is 23.1 Å². The van der Waals surface area contributed by atoms with Crippen molar-refractivity contribution in [1.82, 2.24) is 30.1 Å². The Hall–Kier alpha value is -5.17. The number of nitrogens with one attached hydrogen (secondary N) is 1. The fraction of sp³-hybridized carbons (Fsp3) is 0.487. The van der Waals surface area contributed by atoms with Crippen molar-refractivity contribution >= 4 is 33.5 Å². The molecule has 0 spiro atoms. The molecule has 3 saturated heterocycles. The topological polar surface area (TPSA) is 116 Å². The van der Waals surface area contributed by atoms with Crippen LogP contribution in [0.2, 0.25) is 0 Å². The van der Waals surface area contributed by atoms with E-state index >= 15 is 8.78 Å². The third-order valence-corrected chi connectivity index (χ3v) is 11.3. The number of likely N-dealkylation sites (tertiary alicyclic amines) is 1. The van der Waals surface area contributed by atoms with Crippen molar-refractivity contribution in [3.8, 4) is 41.2 Å². The van der Waals surface area contributed by atoms with Crippen LogP contribution in [0, 0.1) is 29.4 Å². The van der Waals surface area contributed by atoms with Crippen LogP contribution in [-0.2, 0) is 0 Å². The summed E-state index contributed by atoms with van der Waals surface area (Å²) in [7, 11) is 1.35. The number of rotatable bonds is 10. The molecule has 4 fully saturated rings. The number of methoxy groups -OCH3 is 1. The summed E-state index contributed by atoms with van der Waals surface area (Å²) in [5.41, 5.74) is -0.849. The second-order valence-corrected chi connectivity index (χ2v) is 15.0. The van der Waals surface area contributed by atoms with Crippen molar-refractivity contribution in [3.63, 3.8) is 0 Å². The van der Waals surface area contributed by atoms with Gasteiger partial charge in [0.25, 0.3) is 6.43 Å². The summed E-state index contributed by atoms with van der Waals surface area (Å²) in [6.45, 7) is 1.98. The maximum absolute atomic E-state index is 17.2. The number of anilines is 1. The van der Waals surface area contributed by atoms with Crippen LogP contribution >= 0.6 is 0 Å². The molecule has 1 saturated carbocycles. The first kappa shape index (κ1) is 36.8. The Morgan fingerprint density at radius 1 is 1.07 bits per heavy atom. The average Bonchev–Trinajstić information content (AvgIpc) is 3.89. The fourth-order valence-electron chi connectivity index (χ4n) is 8.42. The molecular formula is C39H40F5N7O4. The highest BCUT2D eigenvalue weighted by atomic mass is 19.3. The molecule has 2 bridgehead atoms. The number of nitrogens with zero attached hydrogens (tertiary/aromatic N) is 6. The molecule has 2 unspecified atom stereocenters. The number of aromatic hydroxyl groups is 1. The molecule has 1 aliphatic carbocycles. The number of terminal acetylenes is 1. The van der Waals surface area contributed by atoms with Crippen LogP contribution in [0.25, 0.3) is 32.9 Å². The number of hydrogen-bond acceptors (Lipinski definition) is 9. The SMILES string of the molecule is C#Cc1c(F)ccc2cc(O)cc(-c3nc(OC)c4c(N5CC6CCC(C5)N6C(=O)NCC(F)F)nc(OCC5(CN6CCC(F)CC6)CC5)nc4c3F)c12. The van der Waals surface area contributed by atoms with E-state index in [2.05, 4.69) is 26.1 Å². The molecule has 55 heavy (non-hydrogen) atoms. The number of phenols is 1. The lowest BCUT2D eigenvalue weighted by atomic mass is 9.95. The third-order valence-electron chi connectivity index (χ3n) is 11.3. The molecule has 2 aromatic carbocycles. The number of benzene rings is 2. The van der Waals surface area contributed by atoms with Crippen LogP contribution < -0.4 is 19.7 Å². The quantitative estimate of drug-likeness (QED) is 0.147. The molecule has 290 valence electrons. The lowest BCUT2D eigenvalue weighted by Gasteiger charge is -2.41. The number of pyridine rings is 1. The highest BCUT2D eigenvalue weighted by Crippen LogP contribution is 2.48. The first-order chi connectivity index (χ1) is 26.5. The lowest BCUT2D eigenvalue weighted by Crippen LogP contribution is -2.58. The number of urea groups is 1. The Bertz CT molecular complexity index is 2180. The minimum absolute atomic E-state index is 0.0123. The van der Waals surface area contributed by atoms with Gasteiger partial charge in [-0.15, -0.1) is 6.42 Å². The van der Waals surface area contributed by atoms with Gasteiger partial charge in [0.2, 0.25) is 5.88 Å². The Balaban J connectivity index is 1.22. The van der Waals surface area contributed by atoms with Crippen LogP contribution in [0.1, 0.15) is 44.1 Å². The molecule has 2 atom stereocenters. The zero-order chi connectivity index (χ0) is 38.6. The molecule has 3 aliphatic heterocycles. The minimum Gasteiger partial charge on any atom is -0.508 e. The lowest BCUT2D eigenvalue weighted by molar-refractivity contribution is 0.107. The van der Waals surface area contributed by atoms with E-state index in [-0.39, 0.29) is 93.8 Å². The normalized spacial score (nSPS) is 21.0. The molecule has 2 amide bonds. The van der Waals surface area contributed by atoms with Crippen LogP contribution in [0.3, 0.4) is 0 Å². The number of phenolic OH excluding ortho intramolecular Hbond substituents is 1. The first-order valence-electron chi connectivity index (χ1n) is 18.4. The van der Waals surface area contributed by atoms with Crippen molar-refractivity contribution in [2.24, 2.45) is 5.41 Å². The number of ether oxygens (including phenoxy) is 2. The second kappa shape index (κ2) is 14.5. The van der Waals surface area contributed by atoms with Crippen molar-refractivity contribution in [3.05, 3.63) is 41.5 Å². The van der Waals surface area contributed by atoms with Gasteiger partial charge >= 0.3 is 12.0 Å². The maximum Gasteiger partial charge on any atom is 0.319 e. The molecule has 2 N–H and O–H groups in total. The van der Waals surface area contributed by atoms with E-state index < -0.39 is 36.8 Å². The summed E-state index contributed by atoms with van der Waals surface area (Å²) in [5, 5.41) is 13.6. The molecule has 11 nitrogen and oxygen atoms in total. The molecule has 4 aliphatic rings. The number of amides is 2. The van der Waals surface area contributed by atoms with Crippen molar-refractivity contribution in [1.29, 1.82) is 0 Å². The fourth-order valence-corrected chi connectivity index (χ4v) is 8.42. The van der Waals surface area contributed by atoms with E-state index in [1.54, 1.807) is 4.90 Å². The largest absolute Gasteiger partial charge is 0.508 e. The highest BCUT2D eigenvalue weighted by molar-refractivity contribution is 6.04. The smallest absolute Gasteiger partial charge is 0.319 e. The Labute approximate surface area is 313 Å². The highest BCUT2D eigenvalue weighted by Gasteiger charge is 2.46. The number of alkyl halides is 3. The van der Waals surface area contributed by atoms with Gasteiger partial charge in [-0.1, -0.05) is 12.0 Å². The maximum atomic E-state index is 17.2. The summed E-state index contributed by atoms with van der Waals surface area (Å²) in [6.07, 6.45) is 6.20. The van der Waals surface area contributed by atoms with Gasteiger partial charge in [-0.3, -0.25) is 0 Å². The van der Waals surface area contributed by atoms with Gasteiger partial charge in [0, 0.05) is 49.1 Å². The summed E-state index contributed by atoms with van der Waals surface area (Å²) < 4.78 is 84.0. The van der Waals surface area contributed by atoms with E-state index in [4.69, 9.17) is 20.9 Å². The van der Waals surface area contributed by atoms with Gasteiger partial charge in [-0.05, 0) is 62.1 Å². The molecule has 4 aromatic rings. The summed E-state index contributed by atoms with van der Waals surface area (Å²) >= 11 is 0. The van der Waals surface area contributed by atoms with Crippen molar-refractivity contribution in [2.45, 2.75) is 63.2 Å². The van der Waals surface area contributed by atoms with Crippen molar-refractivity contribution in [2.75, 3.05) is 57.9 Å². The Kier molecular flexibility index (Phi) is 9.69. The van der Waals surface area contributed by atoms with Gasteiger partial charge in [0.15, 0.2) is 5.82 Å². The van der Waals surface area contributed by atoms with E-state index in [0.29, 0.717) is 50.7 Å². The number of carbonyl (C=O) groups is 1. The standard InChI is InChI=1S/C39H40F5N7O4/c1-3-26-28(41)7-4-21-14-25(52)15-27(30(21)26)33-32(44)34-31(36(46-33)54-2)35(50-17-23-5-6-24(18-50)51(23)38(53)45-16-29(42)43)48-37(47-34)55-20-39(10-11-39)19-49-12-8-22(40)9-13-49/h1,4,7,14-15,22-24,29,52H,5-6,8-13,16-20H2,2H3,(H,45,53). The van der Waals surface area contributed by atoms with Crippen LogP contribution in [0.5, 0.6) is 17.6 Å². The number of piperazine rings is 1. The zero-order valence-electron chi connectivity index (χ0n) is 30.1. The predicted octanol–water partition coefficient (Wildman–Crippen LogP) is 6.04. The monoisotopic (exact) mass is 765 g/mol. The molecule has 5 heterocycles. The van der Waals surface area contributed by atoms with Crippen LogP contribution in [0.15, 0.2) is 24.3 Å². The van der Waals surface area contributed by atoms with Gasteiger partial charge in [-0.25, -0.2) is 31.7 Å². The average molecular weight is 766 g/mol. The predicted molar refractivity (Wildman–Crippen MR) is 194 cm³/mol. The number of fused-ring (bicyclic) bond motifs is 4.